The van der Waals surface area contributed by atoms with Gasteiger partial charge in [-0.3, -0.25) is 9.59 Å². The fourth-order valence-electron chi connectivity index (χ4n) is 2.72. The highest BCUT2D eigenvalue weighted by Gasteiger charge is 2.41. The smallest absolute Gasteiger partial charge is 0.311 e. The van der Waals surface area contributed by atoms with Gasteiger partial charge in [-0.2, -0.15) is 0 Å². The molecule has 0 bridgehead atoms. The first-order chi connectivity index (χ1) is 9.46. The second kappa shape index (κ2) is 5.95. The molecule has 0 spiro atoms. The molecular weight excluding hydrogens is 322 g/mol. The van der Waals surface area contributed by atoms with E-state index in [1.54, 1.807) is 12.1 Å². The molecule has 1 aromatic carbocycles. The molecule has 1 aliphatic rings. The van der Waals surface area contributed by atoms with Crippen LogP contribution < -0.4 is 5.32 Å². The minimum Gasteiger partial charge on any atom is -0.481 e. The molecule has 20 heavy (non-hydrogen) atoms. The molecule has 1 amide bonds. The summed E-state index contributed by atoms with van der Waals surface area (Å²) in [6.07, 6.45) is 3.11. The van der Waals surface area contributed by atoms with Gasteiger partial charge in [0.25, 0.3) is 5.91 Å². The lowest BCUT2D eigenvalue weighted by Crippen LogP contribution is -2.41. The molecule has 2 N–H and O–H groups in total. The number of hydrogen-bond donors (Lipinski definition) is 2. The topological polar surface area (TPSA) is 66.4 Å². The van der Waals surface area contributed by atoms with Crippen LogP contribution in [0.4, 0.5) is 0 Å². The molecule has 0 radical (unpaired) electrons. The van der Waals surface area contributed by atoms with Crippen molar-refractivity contribution >= 4 is 27.8 Å². The van der Waals surface area contributed by atoms with Crippen molar-refractivity contribution in [2.75, 3.05) is 6.54 Å². The third-order valence-corrected chi connectivity index (χ3v) is 4.97. The zero-order valence-corrected chi connectivity index (χ0v) is 13.0. The van der Waals surface area contributed by atoms with Gasteiger partial charge in [-0.25, -0.2) is 0 Å². The Balaban J connectivity index is 2.08. The largest absolute Gasteiger partial charge is 0.481 e. The number of amides is 1. The minimum absolute atomic E-state index is 0.202. The predicted octanol–water partition coefficient (Wildman–Crippen LogP) is 3.13. The summed E-state index contributed by atoms with van der Waals surface area (Å²) in [6, 6.07) is 5.42. The molecule has 0 aliphatic heterocycles. The quantitative estimate of drug-likeness (QED) is 0.885. The Kier molecular flexibility index (Phi) is 4.48. The Morgan fingerprint density at radius 3 is 2.60 bits per heavy atom. The van der Waals surface area contributed by atoms with Crippen LogP contribution in [0.15, 0.2) is 22.7 Å². The Morgan fingerprint density at radius 2 is 2.00 bits per heavy atom. The number of nitrogens with one attached hydrogen (secondary N) is 1. The first-order valence-electron chi connectivity index (χ1n) is 6.73. The third kappa shape index (κ3) is 2.87. The Hall–Kier alpha value is -1.36. The number of aliphatic carboxylic acids is 1. The molecule has 0 unspecified atom stereocenters. The first kappa shape index (κ1) is 15.0. The number of carbonyl (C=O) groups is 2. The van der Waals surface area contributed by atoms with Gasteiger partial charge >= 0.3 is 5.97 Å². The van der Waals surface area contributed by atoms with E-state index in [0.29, 0.717) is 18.4 Å². The Bertz CT molecular complexity index is 536. The second-order valence-corrected chi connectivity index (χ2v) is 6.24. The van der Waals surface area contributed by atoms with Gasteiger partial charge in [0.05, 0.1) is 5.41 Å². The number of carboxylic acid groups (broad SMARTS) is 1. The summed E-state index contributed by atoms with van der Waals surface area (Å²) in [6.45, 7) is 2.06. The van der Waals surface area contributed by atoms with Crippen LogP contribution in [0.3, 0.4) is 0 Å². The van der Waals surface area contributed by atoms with Crippen molar-refractivity contribution in [1.29, 1.82) is 0 Å². The van der Waals surface area contributed by atoms with E-state index < -0.39 is 11.4 Å². The summed E-state index contributed by atoms with van der Waals surface area (Å²) in [7, 11) is 0. The highest BCUT2D eigenvalue weighted by atomic mass is 79.9. The van der Waals surface area contributed by atoms with Crippen LogP contribution in [-0.4, -0.2) is 23.5 Å². The maximum Gasteiger partial charge on any atom is 0.311 e. The summed E-state index contributed by atoms with van der Waals surface area (Å²) in [5, 5.41) is 12.2. The maximum absolute atomic E-state index is 12.2. The average molecular weight is 340 g/mol. The van der Waals surface area contributed by atoms with Crippen molar-refractivity contribution in [1.82, 2.24) is 5.32 Å². The number of benzene rings is 1. The molecule has 4 nitrogen and oxygen atoms in total. The molecule has 5 heteroatoms. The fraction of sp³-hybridized carbons (Fsp3) is 0.467. The van der Waals surface area contributed by atoms with Crippen LogP contribution in [0.1, 0.15) is 41.6 Å². The van der Waals surface area contributed by atoms with Crippen LogP contribution in [-0.2, 0) is 4.79 Å². The molecule has 0 heterocycles. The van der Waals surface area contributed by atoms with E-state index >= 15 is 0 Å². The highest BCUT2D eigenvalue weighted by molar-refractivity contribution is 9.10. The van der Waals surface area contributed by atoms with E-state index in [-0.39, 0.29) is 12.5 Å². The van der Waals surface area contributed by atoms with Gasteiger partial charge < -0.3 is 10.4 Å². The monoisotopic (exact) mass is 339 g/mol. The van der Waals surface area contributed by atoms with Gasteiger partial charge in [-0.05, 0) is 37.5 Å². The lowest BCUT2D eigenvalue weighted by molar-refractivity contribution is -0.148. The number of halogens is 1. The van der Waals surface area contributed by atoms with E-state index in [4.69, 9.17) is 0 Å². The van der Waals surface area contributed by atoms with Crippen LogP contribution >= 0.6 is 15.9 Å². The van der Waals surface area contributed by atoms with Crippen LogP contribution in [0.2, 0.25) is 0 Å². The SMILES string of the molecule is Cc1c(Br)cccc1C(=O)NCC1(C(=O)O)CCCC1. The van der Waals surface area contributed by atoms with Gasteiger partial charge in [0.1, 0.15) is 0 Å². The van der Waals surface area contributed by atoms with E-state index in [9.17, 15) is 14.7 Å². The number of carboxylic acids is 1. The van der Waals surface area contributed by atoms with Crippen molar-refractivity contribution in [2.45, 2.75) is 32.6 Å². The van der Waals surface area contributed by atoms with Gasteiger partial charge in [0.15, 0.2) is 0 Å². The zero-order chi connectivity index (χ0) is 14.8. The number of carbonyl (C=O) groups excluding carboxylic acids is 1. The molecule has 0 aromatic heterocycles. The molecular formula is C15H18BrNO3. The number of rotatable bonds is 4. The van der Waals surface area contributed by atoms with Crippen molar-refractivity contribution < 1.29 is 14.7 Å². The third-order valence-electron chi connectivity index (χ3n) is 4.11. The second-order valence-electron chi connectivity index (χ2n) is 5.39. The van der Waals surface area contributed by atoms with Gasteiger partial charge in [-0.15, -0.1) is 0 Å². The maximum atomic E-state index is 12.2. The average Bonchev–Trinajstić information content (AvgIpc) is 2.89. The lowest BCUT2D eigenvalue weighted by Gasteiger charge is -2.24. The van der Waals surface area contributed by atoms with E-state index in [1.165, 1.54) is 0 Å². The van der Waals surface area contributed by atoms with Crippen LogP contribution in [0.25, 0.3) is 0 Å². The van der Waals surface area contributed by atoms with Gasteiger partial charge in [0.2, 0.25) is 0 Å². The van der Waals surface area contributed by atoms with Gasteiger partial charge in [-0.1, -0.05) is 34.8 Å². The molecule has 1 fully saturated rings. The van der Waals surface area contributed by atoms with Crippen molar-refractivity contribution in [3.8, 4) is 0 Å². The molecule has 1 saturated carbocycles. The lowest BCUT2D eigenvalue weighted by atomic mass is 9.86. The molecule has 2 rings (SSSR count). The van der Waals surface area contributed by atoms with E-state index in [0.717, 1.165) is 22.9 Å². The first-order valence-corrected chi connectivity index (χ1v) is 7.52. The van der Waals surface area contributed by atoms with Crippen molar-refractivity contribution in [3.05, 3.63) is 33.8 Å². The zero-order valence-electron chi connectivity index (χ0n) is 11.4. The number of hydrogen-bond acceptors (Lipinski definition) is 2. The van der Waals surface area contributed by atoms with E-state index in [2.05, 4.69) is 21.2 Å². The predicted molar refractivity (Wildman–Crippen MR) is 79.7 cm³/mol. The van der Waals surface area contributed by atoms with Gasteiger partial charge in [0, 0.05) is 16.6 Å². The molecule has 0 saturated heterocycles. The summed E-state index contributed by atoms with van der Waals surface area (Å²) in [5.74, 6) is -1.02. The van der Waals surface area contributed by atoms with Crippen molar-refractivity contribution in [2.24, 2.45) is 5.41 Å². The molecule has 1 aromatic rings. The molecule has 1 aliphatic carbocycles. The molecule has 108 valence electrons. The van der Waals surface area contributed by atoms with Crippen LogP contribution in [0, 0.1) is 12.3 Å². The Morgan fingerprint density at radius 1 is 1.35 bits per heavy atom. The van der Waals surface area contributed by atoms with E-state index in [1.807, 2.05) is 13.0 Å². The fourth-order valence-corrected chi connectivity index (χ4v) is 3.08. The summed E-state index contributed by atoms with van der Waals surface area (Å²) >= 11 is 3.39. The summed E-state index contributed by atoms with van der Waals surface area (Å²) in [4.78, 5) is 23.6. The summed E-state index contributed by atoms with van der Waals surface area (Å²) in [5.41, 5.74) is 0.661. The highest BCUT2D eigenvalue weighted by Crippen LogP contribution is 2.37. The Labute approximate surface area is 126 Å². The van der Waals surface area contributed by atoms with Crippen LogP contribution in [0.5, 0.6) is 0 Å². The minimum atomic E-state index is -0.804. The summed E-state index contributed by atoms with van der Waals surface area (Å²) < 4.78 is 0.874. The molecule has 0 atom stereocenters. The standard InChI is InChI=1S/C15H18BrNO3/c1-10-11(5-4-6-12(10)16)13(18)17-9-15(14(19)20)7-2-3-8-15/h4-6H,2-3,7-9H2,1H3,(H,17,18)(H,19,20). The normalized spacial score (nSPS) is 16.9. The van der Waals surface area contributed by atoms with Crippen molar-refractivity contribution in [3.63, 3.8) is 0 Å².